The lowest BCUT2D eigenvalue weighted by atomic mass is 9.95. The molecule has 2 aromatic heterocycles. The van der Waals surface area contributed by atoms with E-state index in [1.165, 1.54) is 4.88 Å². The highest BCUT2D eigenvalue weighted by molar-refractivity contribution is 7.14. The van der Waals surface area contributed by atoms with Crippen molar-refractivity contribution in [1.29, 1.82) is 0 Å². The number of rotatable bonds is 4. The van der Waals surface area contributed by atoms with Crippen LogP contribution in [-0.4, -0.2) is 45.0 Å². The van der Waals surface area contributed by atoms with Crippen LogP contribution in [0.4, 0.5) is 0 Å². The largest absolute Gasteiger partial charge is 0.340 e. The number of H-pyrrole nitrogens is 1. The molecular formula is C14H21N5OS. The molecule has 114 valence electrons. The lowest BCUT2D eigenvalue weighted by Gasteiger charge is -2.19. The number of carbonyl (C=O) groups is 1. The number of likely N-dealkylation sites (N-methyl/N-ethyl adjacent to an activating group) is 1. The van der Waals surface area contributed by atoms with Crippen LogP contribution in [0, 0.1) is 0 Å². The predicted molar refractivity (Wildman–Crippen MR) is 82.6 cm³/mol. The van der Waals surface area contributed by atoms with Crippen LogP contribution in [0.25, 0.3) is 0 Å². The maximum atomic E-state index is 12.5. The summed E-state index contributed by atoms with van der Waals surface area (Å²) in [5, 5.41) is 13.9. The number of hydrogen-bond acceptors (Lipinski definition) is 5. The lowest BCUT2D eigenvalue weighted by Crippen LogP contribution is -2.30. The highest BCUT2D eigenvalue weighted by Gasteiger charge is 2.22. The van der Waals surface area contributed by atoms with Crippen LogP contribution >= 0.6 is 11.3 Å². The summed E-state index contributed by atoms with van der Waals surface area (Å²) in [5.41, 5.74) is 0.0691. The monoisotopic (exact) mass is 307 g/mol. The molecule has 0 radical (unpaired) electrons. The minimum absolute atomic E-state index is 0.0332. The van der Waals surface area contributed by atoms with E-state index in [-0.39, 0.29) is 17.2 Å². The van der Waals surface area contributed by atoms with Gasteiger partial charge in [0.2, 0.25) is 0 Å². The zero-order chi connectivity index (χ0) is 15.6. The van der Waals surface area contributed by atoms with Gasteiger partial charge in [0.05, 0.1) is 4.88 Å². The van der Waals surface area contributed by atoms with Crippen molar-refractivity contribution in [2.45, 2.75) is 39.0 Å². The van der Waals surface area contributed by atoms with Gasteiger partial charge in [-0.2, -0.15) is 5.21 Å². The minimum Gasteiger partial charge on any atom is -0.340 e. The number of aromatic amines is 1. The molecule has 0 bridgehead atoms. The Morgan fingerprint density at radius 1 is 1.43 bits per heavy atom. The number of amides is 1. The molecule has 0 saturated carbocycles. The van der Waals surface area contributed by atoms with Gasteiger partial charge < -0.3 is 4.90 Å². The molecule has 2 rings (SSSR count). The van der Waals surface area contributed by atoms with Gasteiger partial charge in [-0.15, -0.1) is 21.5 Å². The van der Waals surface area contributed by atoms with E-state index in [2.05, 4.69) is 41.4 Å². The molecule has 2 aromatic rings. The molecule has 1 unspecified atom stereocenters. The van der Waals surface area contributed by atoms with Crippen LogP contribution < -0.4 is 0 Å². The summed E-state index contributed by atoms with van der Waals surface area (Å²) >= 11 is 1.56. The first-order chi connectivity index (χ1) is 9.79. The van der Waals surface area contributed by atoms with Gasteiger partial charge in [-0.05, 0) is 17.5 Å². The summed E-state index contributed by atoms with van der Waals surface area (Å²) in [7, 11) is 1.80. The lowest BCUT2D eigenvalue weighted by molar-refractivity contribution is 0.0792. The average molecular weight is 307 g/mol. The van der Waals surface area contributed by atoms with Gasteiger partial charge in [0.25, 0.3) is 5.91 Å². The van der Waals surface area contributed by atoms with E-state index in [1.807, 2.05) is 19.1 Å². The summed E-state index contributed by atoms with van der Waals surface area (Å²) in [5.74, 6) is 0.696. The number of nitrogens with one attached hydrogen (secondary N) is 1. The standard InChI is InChI=1S/C14H21N5OS/c1-9(12-15-17-18-16-12)8-19(5)13(20)10-6-7-11(21-10)14(2,3)4/h6-7,9H,8H2,1-5H3,(H,15,16,17,18). The van der Waals surface area contributed by atoms with Gasteiger partial charge in [0.15, 0.2) is 5.82 Å². The smallest absolute Gasteiger partial charge is 0.263 e. The Labute approximate surface area is 128 Å². The molecule has 0 aliphatic heterocycles. The Morgan fingerprint density at radius 3 is 2.67 bits per heavy atom. The summed E-state index contributed by atoms with van der Waals surface area (Å²) in [6.07, 6.45) is 0. The molecule has 1 atom stereocenters. The van der Waals surface area contributed by atoms with Crippen LogP contribution in [-0.2, 0) is 5.41 Å². The summed E-state index contributed by atoms with van der Waals surface area (Å²) in [6.45, 7) is 8.98. The van der Waals surface area contributed by atoms with Gasteiger partial charge in [-0.1, -0.05) is 32.9 Å². The highest BCUT2D eigenvalue weighted by atomic mass is 32.1. The second kappa shape index (κ2) is 5.93. The topological polar surface area (TPSA) is 74.8 Å². The van der Waals surface area contributed by atoms with Crippen LogP contribution in [0.15, 0.2) is 12.1 Å². The fraction of sp³-hybridized carbons (Fsp3) is 0.571. The Morgan fingerprint density at radius 2 is 2.14 bits per heavy atom. The Hall–Kier alpha value is -1.76. The van der Waals surface area contributed by atoms with Crippen molar-refractivity contribution in [3.8, 4) is 0 Å². The molecule has 0 aliphatic carbocycles. The number of hydrogen-bond donors (Lipinski definition) is 1. The number of carbonyl (C=O) groups excluding carboxylic acids is 1. The molecule has 0 fully saturated rings. The van der Waals surface area contributed by atoms with Crippen LogP contribution in [0.3, 0.4) is 0 Å². The Bertz CT molecular complexity index is 599. The molecule has 0 aromatic carbocycles. The van der Waals surface area contributed by atoms with Crippen molar-refractivity contribution < 1.29 is 4.79 Å². The Balaban J connectivity index is 2.04. The number of nitrogens with zero attached hydrogens (tertiary/aromatic N) is 4. The van der Waals surface area contributed by atoms with Crippen molar-refractivity contribution in [3.05, 3.63) is 27.7 Å². The first-order valence-corrected chi connectivity index (χ1v) is 7.70. The molecule has 1 N–H and O–H groups in total. The predicted octanol–water partition coefficient (Wildman–Crippen LogP) is 2.43. The summed E-state index contributed by atoms with van der Waals surface area (Å²) in [4.78, 5) is 16.1. The van der Waals surface area contributed by atoms with Gasteiger partial charge in [-0.3, -0.25) is 4.79 Å². The summed E-state index contributed by atoms with van der Waals surface area (Å²) in [6, 6.07) is 3.94. The van der Waals surface area contributed by atoms with Crippen LogP contribution in [0.2, 0.25) is 0 Å². The van der Waals surface area contributed by atoms with Crippen molar-refractivity contribution in [2.75, 3.05) is 13.6 Å². The molecule has 1 amide bonds. The maximum absolute atomic E-state index is 12.5. The normalized spacial score (nSPS) is 13.2. The van der Waals surface area contributed by atoms with E-state index in [9.17, 15) is 4.79 Å². The quantitative estimate of drug-likeness (QED) is 0.941. The van der Waals surface area contributed by atoms with E-state index in [1.54, 1.807) is 23.3 Å². The van der Waals surface area contributed by atoms with E-state index in [0.29, 0.717) is 12.4 Å². The van der Waals surface area contributed by atoms with Gasteiger partial charge in [0.1, 0.15) is 0 Å². The van der Waals surface area contributed by atoms with E-state index in [4.69, 9.17) is 0 Å². The fourth-order valence-electron chi connectivity index (χ4n) is 2.00. The zero-order valence-corrected chi connectivity index (χ0v) is 13.9. The van der Waals surface area contributed by atoms with Crippen LogP contribution in [0.1, 0.15) is 54.0 Å². The van der Waals surface area contributed by atoms with E-state index in [0.717, 1.165) is 4.88 Å². The molecule has 7 heteroatoms. The third-order valence-electron chi connectivity index (χ3n) is 3.25. The molecule has 0 spiro atoms. The first kappa shape index (κ1) is 15.6. The molecule has 0 saturated heterocycles. The van der Waals surface area contributed by atoms with Gasteiger partial charge in [-0.25, -0.2) is 0 Å². The second-order valence-electron chi connectivity index (χ2n) is 6.27. The SMILES string of the molecule is CC(CN(C)C(=O)c1ccc(C(C)(C)C)s1)c1nn[nH]n1. The molecule has 2 heterocycles. The van der Waals surface area contributed by atoms with E-state index >= 15 is 0 Å². The third kappa shape index (κ3) is 3.66. The van der Waals surface area contributed by atoms with Crippen molar-refractivity contribution in [2.24, 2.45) is 0 Å². The van der Waals surface area contributed by atoms with Crippen LogP contribution in [0.5, 0.6) is 0 Å². The molecular weight excluding hydrogens is 286 g/mol. The number of aromatic nitrogens is 4. The highest BCUT2D eigenvalue weighted by Crippen LogP contribution is 2.30. The molecule has 21 heavy (non-hydrogen) atoms. The van der Waals surface area contributed by atoms with E-state index < -0.39 is 0 Å². The van der Waals surface area contributed by atoms with Crippen molar-refractivity contribution in [3.63, 3.8) is 0 Å². The Kier molecular flexibility index (Phi) is 4.41. The number of thiophene rings is 1. The van der Waals surface area contributed by atoms with Gasteiger partial charge in [0, 0.05) is 24.4 Å². The average Bonchev–Trinajstić information content (AvgIpc) is 3.08. The molecule has 6 nitrogen and oxygen atoms in total. The van der Waals surface area contributed by atoms with Crippen molar-refractivity contribution in [1.82, 2.24) is 25.5 Å². The first-order valence-electron chi connectivity index (χ1n) is 6.88. The zero-order valence-electron chi connectivity index (χ0n) is 13.0. The minimum atomic E-state index is 0.0332. The number of tetrazole rings is 1. The molecule has 0 aliphatic rings. The maximum Gasteiger partial charge on any atom is 0.263 e. The third-order valence-corrected chi connectivity index (χ3v) is 4.75. The summed E-state index contributed by atoms with van der Waals surface area (Å²) < 4.78 is 0. The van der Waals surface area contributed by atoms with Gasteiger partial charge >= 0.3 is 0 Å². The fourth-order valence-corrected chi connectivity index (χ4v) is 3.06. The second-order valence-corrected chi connectivity index (χ2v) is 7.35. The van der Waals surface area contributed by atoms with Crippen molar-refractivity contribution >= 4 is 17.2 Å².